The molecule has 1 unspecified atom stereocenters. The van der Waals surface area contributed by atoms with Gasteiger partial charge in [0.1, 0.15) is 0 Å². The molecule has 0 N–H and O–H groups in total. The summed E-state index contributed by atoms with van der Waals surface area (Å²) in [6.07, 6.45) is 19.5. The van der Waals surface area contributed by atoms with Crippen LogP contribution in [0.25, 0.3) is 0 Å². The number of hydrogen-bond donors (Lipinski definition) is 0. The molecule has 0 heterocycles. The van der Waals surface area contributed by atoms with Gasteiger partial charge in [-0.2, -0.15) is 0 Å². The fourth-order valence-electron chi connectivity index (χ4n) is 2.44. The monoisotopic (exact) mass is 239 g/mol. The Labute approximate surface area is 111 Å². The predicted octanol–water partition coefficient (Wildman–Crippen LogP) is 6.55. The van der Waals surface area contributed by atoms with E-state index in [-0.39, 0.29) is 0 Å². The first-order chi connectivity index (χ1) is 8.31. The van der Waals surface area contributed by atoms with Crippen LogP contribution < -0.4 is 0 Å². The van der Waals surface area contributed by atoms with Gasteiger partial charge in [0, 0.05) is 0 Å². The Hall–Kier alpha value is 0. The lowest BCUT2D eigenvalue weighted by Crippen LogP contribution is -1.95. The average Bonchev–Trinajstić information content (AvgIpc) is 2.33. The highest BCUT2D eigenvalue weighted by molar-refractivity contribution is 4.59. The molecule has 0 aromatic rings. The molecule has 0 saturated heterocycles. The van der Waals surface area contributed by atoms with E-state index in [9.17, 15) is 0 Å². The van der Waals surface area contributed by atoms with Gasteiger partial charge < -0.3 is 0 Å². The van der Waals surface area contributed by atoms with Crippen LogP contribution >= 0.6 is 0 Å². The van der Waals surface area contributed by atoms with Gasteiger partial charge in [-0.3, -0.25) is 0 Å². The maximum Gasteiger partial charge on any atom is -0.0417 e. The molecule has 0 aliphatic rings. The zero-order chi connectivity index (χ0) is 12.8. The number of rotatable bonds is 13. The minimum Gasteiger partial charge on any atom is -0.0654 e. The maximum absolute atomic E-state index is 2.43. The van der Waals surface area contributed by atoms with Crippen LogP contribution in [-0.4, -0.2) is 0 Å². The summed E-state index contributed by atoms with van der Waals surface area (Å²) in [5.41, 5.74) is 0. The van der Waals surface area contributed by atoms with Crippen LogP contribution in [0, 0.1) is 12.3 Å². The van der Waals surface area contributed by atoms with Crippen LogP contribution in [-0.2, 0) is 0 Å². The molecule has 103 valence electrons. The topological polar surface area (TPSA) is 0 Å². The SMILES string of the molecule is C[CH]CCCC(C)CCCCCCCCCC. The van der Waals surface area contributed by atoms with Crippen molar-refractivity contribution in [3.05, 3.63) is 6.42 Å². The molecular formula is C17H35. The molecule has 0 bridgehead atoms. The van der Waals surface area contributed by atoms with Gasteiger partial charge in [0.2, 0.25) is 0 Å². The summed E-state index contributed by atoms with van der Waals surface area (Å²) in [5.74, 6) is 0.954. The maximum atomic E-state index is 2.43. The molecule has 0 spiro atoms. The van der Waals surface area contributed by atoms with E-state index < -0.39 is 0 Å². The van der Waals surface area contributed by atoms with Crippen molar-refractivity contribution >= 4 is 0 Å². The van der Waals surface area contributed by atoms with Gasteiger partial charge in [-0.15, -0.1) is 0 Å². The molecule has 0 aliphatic heterocycles. The second kappa shape index (κ2) is 14.1. The van der Waals surface area contributed by atoms with Gasteiger partial charge in [0.25, 0.3) is 0 Å². The molecule has 0 fully saturated rings. The number of hydrogen-bond acceptors (Lipinski definition) is 0. The Morgan fingerprint density at radius 1 is 0.765 bits per heavy atom. The van der Waals surface area contributed by atoms with E-state index in [0.29, 0.717) is 0 Å². The lowest BCUT2D eigenvalue weighted by atomic mass is 9.96. The summed E-state index contributed by atoms with van der Waals surface area (Å²) in [7, 11) is 0. The summed E-state index contributed by atoms with van der Waals surface area (Å²) in [6, 6.07) is 0. The van der Waals surface area contributed by atoms with E-state index in [1.807, 2.05) is 0 Å². The normalized spacial score (nSPS) is 12.9. The molecule has 1 atom stereocenters. The van der Waals surface area contributed by atoms with E-state index in [4.69, 9.17) is 0 Å². The third-order valence-electron chi connectivity index (χ3n) is 3.74. The van der Waals surface area contributed by atoms with Gasteiger partial charge >= 0.3 is 0 Å². The van der Waals surface area contributed by atoms with E-state index in [1.54, 1.807) is 0 Å². The highest BCUT2D eigenvalue weighted by Gasteiger charge is 2.01. The Balaban J connectivity index is 3.05. The highest BCUT2D eigenvalue weighted by atomic mass is 14.1. The molecule has 0 aromatic heterocycles. The first-order valence-electron chi connectivity index (χ1n) is 8.09. The number of unbranched alkanes of at least 4 members (excludes halogenated alkanes) is 9. The Kier molecular flexibility index (Phi) is 14.1. The van der Waals surface area contributed by atoms with Gasteiger partial charge in [-0.25, -0.2) is 0 Å². The van der Waals surface area contributed by atoms with Crippen molar-refractivity contribution in [3.8, 4) is 0 Å². The fourth-order valence-corrected chi connectivity index (χ4v) is 2.44. The van der Waals surface area contributed by atoms with Crippen molar-refractivity contribution in [2.24, 2.45) is 5.92 Å². The Morgan fingerprint density at radius 2 is 1.29 bits per heavy atom. The van der Waals surface area contributed by atoms with Crippen molar-refractivity contribution < 1.29 is 0 Å². The van der Waals surface area contributed by atoms with Crippen LogP contribution in [0.5, 0.6) is 0 Å². The van der Waals surface area contributed by atoms with Crippen LogP contribution in [0.4, 0.5) is 0 Å². The fraction of sp³-hybridized carbons (Fsp3) is 0.941. The van der Waals surface area contributed by atoms with Gasteiger partial charge in [-0.05, 0) is 12.3 Å². The molecule has 0 nitrogen and oxygen atoms in total. The van der Waals surface area contributed by atoms with Gasteiger partial charge in [0.05, 0.1) is 0 Å². The van der Waals surface area contributed by atoms with Crippen LogP contribution in [0.3, 0.4) is 0 Å². The lowest BCUT2D eigenvalue weighted by Gasteiger charge is -2.10. The summed E-state index contributed by atoms with van der Waals surface area (Å²) >= 11 is 0. The lowest BCUT2D eigenvalue weighted by molar-refractivity contribution is 0.442. The van der Waals surface area contributed by atoms with E-state index in [2.05, 4.69) is 27.2 Å². The van der Waals surface area contributed by atoms with E-state index >= 15 is 0 Å². The first kappa shape index (κ1) is 17.0. The van der Waals surface area contributed by atoms with Crippen LogP contribution in [0.15, 0.2) is 0 Å². The quantitative estimate of drug-likeness (QED) is 0.320. The molecule has 0 rings (SSSR count). The van der Waals surface area contributed by atoms with Gasteiger partial charge in [-0.1, -0.05) is 97.8 Å². The first-order valence-corrected chi connectivity index (χ1v) is 8.09. The highest BCUT2D eigenvalue weighted by Crippen LogP contribution is 2.17. The van der Waals surface area contributed by atoms with Crippen LogP contribution in [0.2, 0.25) is 0 Å². The predicted molar refractivity (Wildman–Crippen MR) is 80.2 cm³/mol. The molecule has 0 aromatic carbocycles. The Morgan fingerprint density at radius 3 is 1.88 bits per heavy atom. The zero-order valence-corrected chi connectivity index (χ0v) is 12.6. The third-order valence-corrected chi connectivity index (χ3v) is 3.74. The minimum absolute atomic E-state index is 0.954. The molecule has 0 saturated carbocycles. The average molecular weight is 239 g/mol. The van der Waals surface area contributed by atoms with E-state index in [0.717, 1.165) is 5.92 Å². The minimum atomic E-state index is 0.954. The smallest absolute Gasteiger partial charge is 0.0417 e. The second-order valence-electron chi connectivity index (χ2n) is 5.71. The second-order valence-corrected chi connectivity index (χ2v) is 5.71. The summed E-state index contributed by atoms with van der Waals surface area (Å²) in [6.45, 7) is 6.89. The standard InChI is InChI=1S/C17H35/c1-4-6-8-9-10-11-12-14-16-17(3)15-13-7-5-2/h5,17H,4,6-16H2,1-3H3. The third kappa shape index (κ3) is 13.9. The largest absolute Gasteiger partial charge is 0.0654 e. The van der Waals surface area contributed by atoms with E-state index in [1.165, 1.54) is 77.0 Å². The van der Waals surface area contributed by atoms with Crippen molar-refractivity contribution in [1.29, 1.82) is 0 Å². The van der Waals surface area contributed by atoms with Crippen LogP contribution in [0.1, 0.15) is 97.8 Å². The van der Waals surface area contributed by atoms with Crippen molar-refractivity contribution in [2.75, 3.05) is 0 Å². The molecule has 17 heavy (non-hydrogen) atoms. The molecule has 0 amide bonds. The summed E-state index contributed by atoms with van der Waals surface area (Å²) in [4.78, 5) is 0. The van der Waals surface area contributed by atoms with Crippen molar-refractivity contribution in [1.82, 2.24) is 0 Å². The van der Waals surface area contributed by atoms with Crippen molar-refractivity contribution in [3.63, 3.8) is 0 Å². The Bertz CT molecular complexity index is 128. The molecule has 1 radical (unpaired) electrons. The summed E-state index contributed by atoms with van der Waals surface area (Å²) < 4.78 is 0. The molecule has 0 aliphatic carbocycles. The van der Waals surface area contributed by atoms with Gasteiger partial charge in [0.15, 0.2) is 0 Å². The zero-order valence-electron chi connectivity index (χ0n) is 12.6. The molecule has 0 heteroatoms. The molecular weight excluding hydrogens is 204 g/mol. The van der Waals surface area contributed by atoms with Crippen molar-refractivity contribution in [2.45, 2.75) is 97.8 Å². The summed E-state index contributed by atoms with van der Waals surface area (Å²) in [5, 5.41) is 0.